The summed E-state index contributed by atoms with van der Waals surface area (Å²) < 4.78 is 32.5. The minimum Gasteiger partial charge on any atom is -0.379 e. The van der Waals surface area contributed by atoms with Crippen molar-refractivity contribution in [3.8, 4) is 5.75 Å². The monoisotopic (exact) mass is 439 g/mol. The second kappa shape index (κ2) is 8.55. The minimum atomic E-state index is -3.97. The maximum absolute atomic E-state index is 12.7. The van der Waals surface area contributed by atoms with Gasteiger partial charge in [-0.1, -0.05) is 25.0 Å². The normalized spacial score (nSPS) is 14.5. The van der Waals surface area contributed by atoms with Crippen LogP contribution in [0.15, 0.2) is 59.6 Å². The first kappa shape index (κ1) is 21.1. The number of aromatic nitrogens is 2. The molecule has 1 N–H and O–H groups in total. The lowest BCUT2D eigenvalue weighted by Crippen LogP contribution is -2.17. The second-order valence-corrected chi connectivity index (χ2v) is 9.40. The Labute approximate surface area is 182 Å². The van der Waals surface area contributed by atoms with E-state index in [1.807, 2.05) is 17.7 Å². The van der Waals surface area contributed by atoms with E-state index in [2.05, 4.69) is 10.4 Å². The average Bonchev–Trinajstić information content (AvgIpc) is 3.41. The molecule has 1 aromatic heterocycles. The lowest BCUT2D eigenvalue weighted by molar-refractivity contribution is 0.102. The van der Waals surface area contributed by atoms with Crippen molar-refractivity contribution < 1.29 is 17.4 Å². The summed E-state index contributed by atoms with van der Waals surface area (Å²) in [6.45, 7) is 3.55. The van der Waals surface area contributed by atoms with Gasteiger partial charge in [-0.25, -0.2) is 4.68 Å². The number of carbonyl (C=O) groups is 1. The highest BCUT2D eigenvalue weighted by Crippen LogP contribution is 2.31. The number of nitrogens with zero attached hydrogens (tertiary/aromatic N) is 2. The third-order valence-electron chi connectivity index (χ3n) is 5.52. The van der Waals surface area contributed by atoms with Crippen molar-refractivity contribution in [2.24, 2.45) is 0 Å². The largest absolute Gasteiger partial charge is 0.379 e. The van der Waals surface area contributed by atoms with Gasteiger partial charge in [0.25, 0.3) is 5.91 Å². The van der Waals surface area contributed by atoms with Crippen molar-refractivity contribution in [1.82, 2.24) is 9.78 Å². The first-order valence-corrected chi connectivity index (χ1v) is 11.7. The summed E-state index contributed by atoms with van der Waals surface area (Å²) in [4.78, 5) is 12.8. The molecule has 1 saturated carbocycles. The zero-order valence-electron chi connectivity index (χ0n) is 17.5. The summed E-state index contributed by atoms with van der Waals surface area (Å²) in [6, 6.07) is 13.3. The molecule has 162 valence electrons. The quantitative estimate of drug-likeness (QED) is 0.565. The Bertz CT molecular complexity index is 1190. The molecule has 0 aliphatic heterocycles. The molecule has 0 saturated heterocycles. The number of hydrogen-bond acceptors (Lipinski definition) is 5. The molecule has 1 aliphatic carbocycles. The fourth-order valence-corrected chi connectivity index (χ4v) is 5.10. The fourth-order valence-electron chi connectivity index (χ4n) is 3.85. The molecule has 0 unspecified atom stereocenters. The highest BCUT2D eigenvalue weighted by atomic mass is 32.2. The molecule has 3 aromatic rings. The molecular weight excluding hydrogens is 414 g/mol. The van der Waals surface area contributed by atoms with Gasteiger partial charge in [-0.05, 0) is 68.1 Å². The van der Waals surface area contributed by atoms with E-state index in [9.17, 15) is 13.2 Å². The van der Waals surface area contributed by atoms with E-state index in [-0.39, 0.29) is 16.6 Å². The third kappa shape index (κ3) is 4.64. The zero-order valence-corrected chi connectivity index (χ0v) is 18.4. The van der Waals surface area contributed by atoms with Gasteiger partial charge in [0, 0.05) is 11.6 Å². The summed E-state index contributed by atoms with van der Waals surface area (Å²) in [5, 5.41) is 7.25. The SMILES string of the molecule is Cc1ccc(C)c(S(=O)(=O)Oc2ccc(C(=O)Nc3ccnn3C3CCCC3)cc2)c1. The van der Waals surface area contributed by atoms with Crippen LogP contribution in [0.25, 0.3) is 0 Å². The van der Waals surface area contributed by atoms with Crippen LogP contribution in [0, 0.1) is 13.8 Å². The van der Waals surface area contributed by atoms with Crippen molar-refractivity contribution in [2.45, 2.75) is 50.5 Å². The van der Waals surface area contributed by atoms with Gasteiger partial charge in [-0.15, -0.1) is 0 Å². The van der Waals surface area contributed by atoms with Crippen molar-refractivity contribution >= 4 is 21.8 Å². The first-order valence-electron chi connectivity index (χ1n) is 10.3. The van der Waals surface area contributed by atoms with Crippen LogP contribution in [0.1, 0.15) is 53.2 Å². The van der Waals surface area contributed by atoms with Crippen LogP contribution in [-0.4, -0.2) is 24.1 Å². The van der Waals surface area contributed by atoms with E-state index in [1.165, 1.54) is 25.0 Å². The number of anilines is 1. The Morgan fingerprint density at radius 2 is 1.77 bits per heavy atom. The molecule has 0 atom stereocenters. The molecule has 4 rings (SSSR count). The van der Waals surface area contributed by atoms with Crippen LogP contribution in [0.3, 0.4) is 0 Å². The predicted molar refractivity (Wildman–Crippen MR) is 118 cm³/mol. The van der Waals surface area contributed by atoms with E-state index in [0.29, 0.717) is 23.0 Å². The zero-order chi connectivity index (χ0) is 22.0. The number of rotatable bonds is 6. The lowest BCUT2D eigenvalue weighted by atomic mass is 10.2. The van der Waals surface area contributed by atoms with Gasteiger partial charge in [0.15, 0.2) is 0 Å². The van der Waals surface area contributed by atoms with E-state index in [0.717, 1.165) is 18.4 Å². The van der Waals surface area contributed by atoms with Gasteiger partial charge in [-0.3, -0.25) is 4.79 Å². The Morgan fingerprint density at radius 3 is 2.48 bits per heavy atom. The molecule has 0 spiro atoms. The summed E-state index contributed by atoms with van der Waals surface area (Å²) in [6.07, 6.45) is 6.15. The van der Waals surface area contributed by atoms with E-state index in [4.69, 9.17) is 4.18 Å². The summed E-state index contributed by atoms with van der Waals surface area (Å²) in [5.41, 5.74) is 1.84. The van der Waals surface area contributed by atoms with Crippen LogP contribution in [0.4, 0.5) is 5.82 Å². The first-order chi connectivity index (χ1) is 14.8. The van der Waals surface area contributed by atoms with Gasteiger partial charge in [0.05, 0.1) is 12.2 Å². The minimum absolute atomic E-state index is 0.134. The fraction of sp³-hybridized carbons (Fsp3) is 0.304. The van der Waals surface area contributed by atoms with Crippen LogP contribution in [-0.2, 0) is 10.1 Å². The maximum Gasteiger partial charge on any atom is 0.339 e. The molecule has 1 aliphatic rings. The maximum atomic E-state index is 12.7. The van der Waals surface area contributed by atoms with Crippen LogP contribution >= 0.6 is 0 Å². The van der Waals surface area contributed by atoms with Gasteiger partial charge in [-0.2, -0.15) is 13.5 Å². The number of carbonyl (C=O) groups excluding carboxylic acids is 1. The van der Waals surface area contributed by atoms with Crippen LogP contribution < -0.4 is 9.50 Å². The Kier molecular flexibility index (Phi) is 5.82. The predicted octanol–water partition coefficient (Wildman–Crippen LogP) is 4.64. The number of hydrogen-bond donors (Lipinski definition) is 1. The van der Waals surface area contributed by atoms with Gasteiger partial charge in [0.1, 0.15) is 16.5 Å². The van der Waals surface area contributed by atoms with E-state index in [1.54, 1.807) is 43.5 Å². The number of aryl methyl sites for hydroxylation is 2. The molecule has 1 amide bonds. The van der Waals surface area contributed by atoms with Crippen molar-refractivity contribution in [3.63, 3.8) is 0 Å². The molecular formula is C23H25N3O4S. The van der Waals surface area contributed by atoms with Gasteiger partial charge >= 0.3 is 10.1 Å². The average molecular weight is 440 g/mol. The Hall–Kier alpha value is -3.13. The second-order valence-electron chi connectivity index (χ2n) is 7.88. The summed E-state index contributed by atoms with van der Waals surface area (Å²) in [7, 11) is -3.97. The van der Waals surface area contributed by atoms with E-state index >= 15 is 0 Å². The molecule has 0 bridgehead atoms. The third-order valence-corrected chi connectivity index (χ3v) is 6.91. The molecule has 1 heterocycles. The van der Waals surface area contributed by atoms with Crippen LogP contribution in [0.2, 0.25) is 0 Å². The summed E-state index contributed by atoms with van der Waals surface area (Å²) in [5.74, 6) is 0.520. The highest BCUT2D eigenvalue weighted by molar-refractivity contribution is 7.87. The van der Waals surface area contributed by atoms with E-state index < -0.39 is 10.1 Å². The highest BCUT2D eigenvalue weighted by Gasteiger charge is 2.22. The molecule has 8 heteroatoms. The number of benzene rings is 2. The smallest absolute Gasteiger partial charge is 0.339 e. The molecule has 2 aromatic carbocycles. The standard InChI is InChI=1S/C23H25N3O4S/c1-16-7-8-17(2)21(15-16)31(28,29)30-20-11-9-18(10-12-20)23(27)25-22-13-14-24-26(22)19-5-3-4-6-19/h7-15,19H,3-6H2,1-2H3,(H,25,27). The summed E-state index contributed by atoms with van der Waals surface area (Å²) >= 11 is 0. The van der Waals surface area contributed by atoms with Crippen LogP contribution in [0.5, 0.6) is 5.75 Å². The topological polar surface area (TPSA) is 90.3 Å². The lowest BCUT2D eigenvalue weighted by Gasteiger charge is -2.15. The molecule has 0 radical (unpaired) electrons. The van der Waals surface area contributed by atoms with Crippen molar-refractivity contribution in [2.75, 3.05) is 5.32 Å². The molecule has 1 fully saturated rings. The van der Waals surface area contributed by atoms with Crippen molar-refractivity contribution in [1.29, 1.82) is 0 Å². The molecule has 31 heavy (non-hydrogen) atoms. The molecule has 7 nitrogen and oxygen atoms in total. The number of nitrogens with one attached hydrogen (secondary N) is 1. The Balaban J connectivity index is 1.46. The van der Waals surface area contributed by atoms with Crippen molar-refractivity contribution in [3.05, 3.63) is 71.4 Å². The number of amides is 1. The van der Waals surface area contributed by atoms with Gasteiger partial charge < -0.3 is 9.50 Å². The van der Waals surface area contributed by atoms with Gasteiger partial charge in [0.2, 0.25) is 0 Å². The Morgan fingerprint density at radius 1 is 1.06 bits per heavy atom.